The first-order valence-corrected chi connectivity index (χ1v) is 6.43. The van der Waals surface area contributed by atoms with Crippen LogP contribution in [0.2, 0.25) is 0 Å². The van der Waals surface area contributed by atoms with E-state index in [1.165, 1.54) is 0 Å². The van der Waals surface area contributed by atoms with Crippen molar-refractivity contribution in [2.24, 2.45) is 11.8 Å². The zero-order chi connectivity index (χ0) is 12.9. The fraction of sp³-hybridized carbons (Fsp3) is 0.692. The molecule has 1 aromatic heterocycles. The van der Waals surface area contributed by atoms with Crippen LogP contribution >= 0.6 is 0 Å². The van der Waals surface area contributed by atoms with Gasteiger partial charge in [-0.25, -0.2) is 9.78 Å². The second-order valence-corrected chi connectivity index (χ2v) is 6.21. The summed E-state index contributed by atoms with van der Waals surface area (Å²) < 4.78 is 5.38. The predicted octanol–water partition coefficient (Wildman–Crippen LogP) is 1.99. The van der Waals surface area contributed by atoms with Crippen molar-refractivity contribution in [1.82, 2.24) is 14.9 Å². The second-order valence-electron chi connectivity index (χ2n) is 6.21. The van der Waals surface area contributed by atoms with Crippen molar-refractivity contribution in [1.29, 1.82) is 0 Å². The third-order valence-electron chi connectivity index (χ3n) is 3.68. The number of H-pyrrole nitrogens is 1. The minimum atomic E-state index is -0.412. The summed E-state index contributed by atoms with van der Waals surface area (Å²) in [5, 5.41) is 0. The van der Waals surface area contributed by atoms with E-state index in [0.717, 1.165) is 18.9 Å². The van der Waals surface area contributed by atoms with Gasteiger partial charge >= 0.3 is 6.09 Å². The number of ether oxygens (including phenoxy) is 1. The Labute approximate surface area is 107 Å². The molecule has 98 valence electrons. The fourth-order valence-corrected chi connectivity index (χ4v) is 2.87. The number of fused-ring (bicyclic) bond motifs is 1. The summed E-state index contributed by atoms with van der Waals surface area (Å²) in [6.45, 7) is 7.28. The van der Waals surface area contributed by atoms with E-state index in [4.69, 9.17) is 4.74 Å². The Bertz CT molecular complexity index is 437. The number of aromatic nitrogens is 2. The van der Waals surface area contributed by atoms with Crippen LogP contribution in [0, 0.1) is 11.8 Å². The number of imidazole rings is 1. The Morgan fingerprint density at radius 3 is 2.61 bits per heavy atom. The largest absolute Gasteiger partial charge is 0.444 e. The normalized spacial score (nSPS) is 30.2. The van der Waals surface area contributed by atoms with E-state index in [-0.39, 0.29) is 6.09 Å². The van der Waals surface area contributed by atoms with Gasteiger partial charge in [0.1, 0.15) is 11.4 Å². The number of rotatable bonds is 1. The molecule has 1 saturated heterocycles. The van der Waals surface area contributed by atoms with E-state index in [9.17, 15) is 4.79 Å². The number of nitrogens with zero attached hydrogens (tertiary/aromatic N) is 2. The van der Waals surface area contributed by atoms with Crippen LogP contribution in [-0.2, 0) is 4.74 Å². The van der Waals surface area contributed by atoms with Gasteiger partial charge in [0.25, 0.3) is 0 Å². The molecular weight excluding hydrogens is 230 g/mol. The van der Waals surface area contributed by atoms with Gasteiger partial charge in [0.15, 0.2) is 0 Å². The molecule has 2 fully saturated rings. The van der Waals surface area contributed by atoms with Crippen molar-refractivity contribution in [2.45, 2.75) is 32.3 Å². The summed E-state index contributed by atoms with van der Waals surface area (Å²) in [5.41, 5.74) is -0.412. The average molecular weight is 249 g/mol. The van der Waals surface area contributed by atoms with E-state index >= 15 is 0 Å². The molecule has 1 aliphatic heterocycles. The van der Waals surface area contributed by atoms with E-state index in [0.29, 0.717) is 17.8 Å². The van der Waals surface area contributed by atoms with Gasteiger partial charge in [0.2, 0.25) is 0 Å². The minimum absolute atomic E-state index is 0.187. The third-order valence-corrected chi connectivity index (χ3v) is 3.68. The van der Waals surface area contributed by atoms with Gasteiger partial charge in [-0.1, -0.05) is 0 Å². The SMILES string of the molecule is CC(C)(C)OC(=O)N1C[C@@H]2C(c3ncc[nH]3)[C@@H]2C1. The lowest BCUT2D eigenvalue weighted by Crippen LogP contribution is -2.36. The van der Waals surface area contributed by atoms with Gasteiger partial charge in [-0.15, -0.1) is 0 Å². The lowest BCUT2D eigenvalue weighted by Gasteiger charge is -2.25. The minimum Gasteiger partial charge on any atom is -0.444 e. The summed E-state index contributed by atoms with van der Waals surface area (Å²) in [6.07, 6.45) is 3.46. The number of hydrogen-bond donors (Lipinski definition) is 1. The van der Waals surface area contributed by atoms with Gasteiger partial charge in [0.05, 0.1) is 0 Å². The fourth-order valence-electron chi connectivity index (χ4n) is 2.87. The van der Waals surface area contributed by atoms with Crippen LogP contribution in [0.1, 0.15) is 32.5 Å². The molecule has 2 aliphatic rings. The molecule has 18 heavy (non-hydrogen) atoms. The molecule has 0 aromatic carbocycles. The molecule has 5 heteroatoms. The molecule has 1 N–H and O–H groups in total. The third kappa shape index (κ3) is 1.98. The van der Waals surface area contributed by atoms with Crippen LogP contribution in [0.4, 0.5) is 4.79 Å². The van der Waals surface area contributed by atoms with E-state index in [1.54, 1.807) is 6.20 Å². The molecule has 5 nitrogen and oxygen atoms in total. The Balaban J connectivity index is 1.56. The maximum Gasteiger partial charge on any atom is 0.410 e. The number of amides is 1. The highest BCUT2D eigenvalue weighted by atomic mass is 16.6. The lowest BCUT2D eigenvalue weighted by atomic mass is 10.2. The number of hydrogen-bond acceptors (Lipinski definition) is 3. The molecule has 0 bridgehead atoms. The maximum absolute atomic E-state index is 11.9. The molecule has 1 aliphatic carbocycles. The molecular formula is C13H19N3O2. The smallest absolute Gasteiger partial charge is 0.410 e. The Kier molecular flexibility index (Phi) is 2.40. The number of likely N-dealkylation sites (tertiary alicyclic amines) is 1. The number of carbonyl (C=O) groups is 1. The monoisotopic (exact) mass is 249 g/mol. The molecule has 1 amide bonds. The average Bonchev–Trinajstić information content (AvgIpc) is 2.76. The zero-order valence-electron chi connectivity index (χ0n) is 11.0. The van der Waals surface area contributed by atoms with Gasteiger partial charge in [-0.3, -0.25) is 0 Å². The molecule has 0 radical (unpaired) electrons. The van der Waals surface area contributed by atoms with Gasteiger partial charge in [0, 0.05) is 31.4 Å². The van der Waals surface area contributed by atoms with Crippen molar-refractivity contribution in [3.05, 3.63) is 18.2 Å². The summed E-state index contributed by atoms with van der Waals surface area (Å²) in [5.74, 6) is 2.69. The van der Waals surface area contributed by atoms with Gasteiger partial charge in [-0.2, -0.15) is 0 Å². The van der Waals surface area contributed by atoms with Crippen LogP contribution in [0.25, 0.3) is 0 Å². The van der Waals surface area contributed by atoms with Crippen LogP contribution in [0.3, 0.4) is 0 Å². The van der Waals surface area contributed by atoms with Crippen molar-refractivity contribution in [3.63, 3.8) is 0 Å². The van der Waals surface area contributed by atoms with E-state index in [1.807, 2.05) is 31.9 Å². The number of nitrogens with one attached hydrogen (secondary N) is 1. The van der Waals surface area contributed by atoms with Crippen LogP contribution in [-0.4, -0.2) is 39.7 Å². The first-order chi connectivity index (χ1) is 8.46. The first kappa shape index (κ1) is 11.6. The summed E-state index contributed by atoms with van der Waals surface area (Å²) >= 11 is 0. The highest BCUT2D eigenvalue weighted by Gasteiger charge is 2.58. The number of carbonyl (C=O) groups excluding carboxylic acids is 1. The topological polar surface area (TPSA) is 58.2 Å². The van der Waals surface area contributed by atoms with Crippen molar-refractivity contribution >= 4 is 6.09 Å². The van der Waals surface area contributed by atoms with Crippen LogP contribution < -0.4 is 0 Å². The Morgan fingerprint density at radius 2 is 2.11 bits per heavy atom. The number of piperidine rings is 1. The molecule has 0 spiro atoms. The summed E-state index contributed by atoms with van der Waals surface area (Å²) in [7, 11) is 0. The van der Waals surface area contributed by atoms with Gasteiger partial charge < -0.3 is 14.6 Å². The van der Waals surface area contributed by atoms with Crippen molar-refractivity contribution < 1.29 is 9.53 Å². The standard InChI is InChI=1S/C13H19N3O2/c1-13(2,3)18-12(17)16-6-8-9(7-16)10(8)11-14-4-5-15-11/h4-5,8-10H,6-7H2,1-3H3,(H,14,15)/t8-,9+,10?. The number of aromatic amines is 1. The maximum atomic E-state index is 11.9. The second kappa shape index (κ2) is 3.73. The van der Waals surface area contributed by atoms with E-state index in [2.05, 4.69) is 9.97 Å². The molecule has 1 unspecified atom stereocenters. The zero-order valence-corrected chi connectivity index (χ0v) is 11.0. The Hall–Kier alpha value is -1.52. The summed E-state index contributed by atoms with van der Waals surface area (Å²) in [4.78, 5) is 21.2. The lowest BCUT2D eigenvalue weighted by molar-refractivity contribution is 0.0270. The van der Waals surface area contributed by atoms with Crippen LogP contribution in [0.5, 0.6) is 0 Å². The molecule has 1 saturated carbocycles. The predicted molar refractivity (Wildman–Crippen MR) is 66.1 cm³/mol. The first-order valence-electron chi connectivity index (χ1n) is 6.43. The quantitative estimate of drug-likeness (QED) is 0.828. The highest BCUT2D eigenvalue weighted by molar-refractivity contribution is 5.69. The Morgan fingerprint density at radius 1 is 1.44 bits per heavy atom. The van der Waals surface area contributed by atoms with E-state index < -0.39 is 5.60 Å². The molecule has 1 aromatic rings. The molecule has 3 atom stereocenters. The molecule has 3 rings (SSSR count). The van der Waals surface area contributed by atoms with Crippen LogP contribution in [0.15, 0.2) is 12.4 Å². The molecule has 2 heterocycles. The van der Waals surface area contributed by atoms with Gasteiger partial charge in [-0.05, 0) is 32.6 Å². The summed E-state index contributed by atoms with van der Waals surface area (Å²) in [6, 6.07) is 0. The van der Waals surface area contributed by atoms with Crippen molar-refractivity contribution in [3.8, 4) is 0 Å². The highest BCUT2D eigenvalue weighted by Crippen LogP contribution is 2.57. The van der Waals surface area contributed by atoms with Crippen molar-refractivity contribution in [2.75, 3.05) is 13.1 Å².